The van der Waals surface area contributed by atoms with Gasteiger partial charge in [0.25, 0.3) is 0 Å². The van der Waals surface area contributed by atoms with E-state index in [1.165, 1.54) is 0 Å². The van der Waals surface area contributed by atoms with Gasteiger partial charge < -0.3 is 5.11 Å². The molecule has 1 atom stereocenters. The molecule has 3 heteroatoms. The van der Waals surface area contributed by atoms with Gasteiger partial charge in [0.2, 0.25) is 5.78 Å². The number of aliphatic hydroxyl groups is 1. The average Bonchev–Trinajstić information content (AvgIpc) is 2.30. The van der Waals surface area contributed by atoms with Crippen LogP contribution in [0.1, 0.15) is 23.2 Å². The van der Waals surface area contributed by atoms with Crippen molar-refractivity contribution in [2.75, 3.05) is 24.4 Å². The number of benzene rings is 1. The molecule has 1 aromatic carbocycles. The second-order valence-electron chi connectivity index (χ2n) is 3.85. The highest BCUT2D eigenvalue weighted by molar-refractivity contribution is 7.96. The summed E-state index contributed by atoms with van der Waals surface area (Å²) in [5.74, 6) is 1.91. The molecular formula is C13H19O2S+. The Morgan fingerprint density at radius 2 is 1.94 bits per heavy atom. The summed E-state index contributed by atoms with van der Waals surface area (Å²) in [6.07, 6.45) is 3.98. The lowest BCUT2D eigenvalue weighted by Gasteiger charge is -2.02. The molecule has 1 rings (SSSR count). The van der Waals surface area contributed by atoms with E-state index in [0.29, 0.717) is 5.75 Å². The predicted molar refractivity (Wildman–Crippen MR) is 70.1 cm³/mol. The minimum atomic E-state index is 0.137. The van der Waals surface area contributed by atoms with Crippen LogP contribution >= 0.6 is 0 Å². The Balaban J connectivity index is 2.34. The number of rotatable bonds is 7. The predicted octanol–water partition coefficient (Wildman–Crippen LogP) is 1.89. The summed E-state index contributed by atoms with van der Waals surface area (Å²) in [5.41, 5.74) is 0.809. The van der Waals surface area contributed by atoms with Gasteiger partial charge in [-0.2, -0.15) is 0 Å². The number of carbonyl (C=O) groups is 1. The maximum atomic E-state index is 11.8. The number of hydrogen-bond acceptors (Lipinski definition) is 2. The van der Waals surface area contributed by atoms with Gasteiger partial charge in [-0.05, 0) is 23.7 Å². The molecule has 0 aliphatic rings. The fraction of sp³-hybridized carbons (Fsp3) is 0.462. The van der Waals surface area contributed by atoms with E-state index in [1.54, 1.807) is 0 Å². The van der Waals surface area contributed by atoms with Crippen molar-refractivity contribution in [3.8, 4) is 0 Å². The number of hydrogen-bond donors (Lipinski definition) is 1. The van der Waals surface area contributed by atoms with E-state index < -0.39 is 0 Å². The van der Waals surface area contributed by atoms with Crippen LogP contribution in [0.4, 0.5) is 0 Å². The topological polar surface area (TPSA) is 37.3 Å². The van der Waals surface area contributed by atoms with Crippen molar-refractivity contribution < 1.29 is 9.90 Å². The van der Waals surface area contributed by atoms with E-state index in [4.69, 9.17) is 5.11 Å². The molecule has 16 heavy (non-hydrogen) atoms. The summed E-state index contributed by atoms with van der Waals surface area (Å²) in [5, 5.41) is 8.68. The van der Waals surface area contributed by atoms with Gasteiger partial charge in [-0.25, -0.2) is 0 Å². The average molecular weight is 239 g/mol. The zero-order valence-corrected chi connectivity index (χ0v) is 10.5. The third kappa shape index (κ3) is 4.81. The largest absolute Gasteiger partial charge is 0.396 e. The minimum absolute atomic E-state index is 0.137. The van der Waals surface area contributed by atoms with E-state index in [9.17, 15) is 4.79 Å². The quantitative estimate of drug-likeness (QED) is 0.448. The van der Waals surface area contributed by atoms with Gasteiger partial charge in [-0.1, -0.05) is 30.3 Å². The Morgan fingerprint density at radius 1 is 1.25 bits per heavy atom. The van der Waals surface area contributed by atoms with E-state index >= 15 is 0 Å². The van der Waals surface area contributed by atoms with Gasteiger partial charge in [0.1, 0.15) is 5.75 Å². The Morgan fingerprint density at radius 3 is 2.56 bits per heavy atom. The highest BCUT2D eigenvalue weighted by atomic mass is 32.2. The van der Waals surface area contributed by atoms with Crippen molar-refractivity contribution in [1.82, 2.24) is 0 Å². The molecule has 1 N–H and O–H groups in total. The van der Waals surface area contributed by atoms with E-state index in [2.05, 4.69) is 6.26 Å². The first-order chi connectivity index (χ1) is 7.74. The third-order valence-corrected chi connectivity index (χ3v) is 4.11. The van der Waals surface area contributed by atoms with Crippen LogP contribution in [-0.2, 0) is 10.9 Å². The Kier molecular flexibility index (Phi) is 6.19. The molecule has 0 aliphatic carbocycles. The summed E-state index contributed by atoms with van der Waals surface area (Å²) in [4.78, 5) is 11.8. The first kappa shape index (κ1) is 13.3. The number of carbonyl (C=O) groups excluding carboxylic acids is 1. The molecule has 0 aliphatic heterocycles. The van der Waals surface area contributed by atoms with Crippen LogP contribution in [0.15, 0.2) is 30.3 Å². The van der Waals surface area contributed by atoms with Crippen LogP contribution < -0.4 is 0 Å². The highest BCUT2D eigenvalue weighted by Crippen LogP contribution is 2.05. The number of unbranched alkanes of at least 4 members (excludes halogenated alkanes) is 1. The number of aliphatic hydroxyl groups excluding tert-OH is 1. The van der Waals surface area contributed by atoms with Crippen molar-refractivity contribution in [1.29, 1.82) is 0 Å². The Hall–Kier alpha value is -0.800. The van der Waals surface area contributed by atoms with Gasteiger partial charge in [-0.15, -0.1) is 0 Å². The van der Waals surface area contributed by atoms with E-state index in [-0.39, 0.29) is 23.3 Å². The molecule has 0 radical (unpaired) electrons. The first-order valence-electron chi connectivity index (χ1n) is 5.52. The van der Waals surface area contributed by atoms with Crippen molar-refractivity contribution in [2.24, 2.45) is 0 Å². The maximum Gasteiger partial charge on any atom is 0.211 e. The third-order valence-electron chi connectivity index (χ3n) is 2.37. The summed E-state index contributed by atoms with van der Waals surface area (Å²) in [6.45, 7) is 0.254. The van der Waals surface area contributed by atoms with E-state index in [0.717, 1.165) is 24.2 Å². The lowest BCUT2D eigenvalue weighted by atomic mass is 10.2. The summed E-state index contributed by atoms with van der Waals surface area (Å²) >= 11 is 0. The van der Waals surface area contributed by atoms with E-state index in [1.807, 2.05) is 30.3 Å². The molecule has 88 valence electrons. The van der Waals surface area contributed by atoms with Crippen LogP contribution in [0.5, 0.6) is 0 Å². The van der Waals surface area contributed by atoms with Crippen LogP contribution in [0.3, 0.4) is 0 Å². The van der Waals surface area contributed by atoms with Gasteiger partial charge in [0.05, 0.1) is 6.26 Å². The molecule has 1 aromatic rings. The summed E-state index contributed by atoms with van der Waals surface area (Å²) in [6, 6.07) is 9.45. The molecule has 0 aromatic heterocycles. The normalized spacial score (nSPS) is 12.4. The van der Waals surface area contributed by atoms with Crippen LogP contribution in [0.25, 0.3) is 0 Å². The van der Waals surface area contributed by atoms with Crippen LogP contribution in [-0.4, -0.2) is 35.3 Å². The van der Waals surface area contributed by atoms with Crippen LogP contribution in [0, 0.1) is 0 Å². The summed E-state index contributed by atoms with van der Waals surface area (Å²) < 4.78 is 0. The zero-order chi connectivity index (χ0) is 11.8. The SMILES string of the molecule is C[S+](CCCCO)CC(=O)c1ccccc1. The minimum Gasteiger partial charge on any atom is -0.396 e. The van der Waals surface area contributed by atoms with Crippen molar-refractivity contribution in [2.45, 2.75) is 12.8 Å². The molecule has 0 amide bonds. The standard InChI is InChI=1S/C13H19O2S/c1-16(10-6-5-9-14)11-13(15)12-7-3-2-4-8-12/h2-4,7-8,14H,5-6,9-11H2,1H3/q+1. The van der Waals surface area contributed by atoms with Crippen LogP contribution in [0.2, 0.25) is 0 Å². The highest BCUT2D eigenvalue weighted by Gasteiger charge is 2.17. The van der Waals surface area contributed by atoms with Gasteiger partial charge in [0.15, 0.2) is 5.75 Å². The number of ketones is 1. The van der Waals surface area contributed by atoms with Gasteiger partial charge in [0, 0.05) is 12.2 Å². The van der Waals surface area contributed by atoms with Crippen molar-refractivity contribution in [3.63, 3.8) is 0 Å². The monoisotopic (exact) mass is 239 g/mol. The lowest BCUT2D eigenvalue weighted by molar-refractivity contribution is 0.102. The van der Waals surface area contributed by atoms with Crippen molar-refractivity contribution >= 4 is 16.7 Å². The lowest BCUT2D eigenvalue weighted by Crippen LogP contribution is -2.18. The maximum absolute atomic E-state index is 11.8. The molecule has 1 unspecified atom stereocenters. The Bertz CT molecular complexity index is 311. The fourth-order valence-corrected chi connectivity index (χ4v) is 2.92. The fourth-order valence-electron chi connectivity index (χ4n) is 1.46. The molecule has 0 heterocycles. The molecule has 0 saturated carbocycles. The second kappa shape index (κ2) is 7.47. The first-order valence-corrected chi connectivity index (χ1v) is 7.49. The molecule has 0 fully saturated rings. The smallest absolute Gasteiger partial charge is 0.211 e. The summed E-state index contributed by atoms with van der Waals surface area (Å²) in [7, 11) is 0.137. The molecule has 0 spiro atoms. The zero-order valence-electron chi connectivity index (χ0n) is 9.69. The van der Waals surface area contributed by atoms with Gasteiger partial charge >= 0.3 is 0 Å². The molecule has 0 bridgehead atoms. The Labute approximate surface area is 100 Å². The van der Waals surface area contributed by atoms with Gasteiger partial charge in [-0.3, -0.25) is 4.79 Å². The molecular weight excluding hydrogens is 220 g/mol. The number of Topliss-reactive ketones (excluding diaryl/α,β-unsaturated/α-hetero) is 1. The van der Waals surface area contributed by atoms with Crippen molar-refractivity contribution in [3.05, 3.63) is 35.9 Å². The second-order valence-corrected chi connectivity index (χ2v) is 6.11. The molecule has 2 nitrogen and oxygen atoms in total. The molecule has 0 saturated heterocycles.